The molecule has 0 spiro atoms. The molecule has 3 heteroatoms. The SMILES string of the molecule is Cc1ccc2c(c1)c1c(n2C#Cc2ccc(F)cc2)CC2CCC1N2C. The van der Waals surface area contributed by atoms with Gasteiger partial charge in [-0.15, -0.1) is 0 Å². The second-order valence-corrected chi connectivity index (χ2v) is 7.58. The minimum atomic E-state index is -0.227. The zero-order valence-corrected chi connectivity index (χ0v) is 15.1. The van der Waals surface area contributed by atoms with E-state index in [4.69, 9.17) is 0 Å². The van der Waals surface area contributed by atoms with Gasteiger partial charge in [0.2, 0.25) is 0 Å². The average Bonchev–Trinajstić information content (AvgIpc) is 3.04. The van der Waals surface area contributed by atoms with E-state index in [-0.39, 0.29) is 5.82 Å². The van der Waals surface area contributed by atoms with Crippen LogP contribution in [0.2, 0.25) is 0 Å². The average molecular weight is 344 g/mol. The molecule has 2 atom stereocenters. The van der Waals surface area contributed by atoms with Crippen LogP contribution in [0.25, 0.3) is 10.9 Å². The van der Waals surface area contributed by atoms with Crippen molar-refractivity contribution in [1.82, 2.24) is 9.47 Å². The molecule has 2 nitrogen and oxygen atoms in total. The Kier molecular flexibility index (Phi) is 3.45. The molecular formula is C23H21FN2. The Morgan fingerprint density at radius 2 is 1.88 bits per heavy atom. The van der Waals surface area contributed by atoms with Crippen molar-refractivity contribution in [3.8, 4) is 12.0 Å². The fourth-order valence-corrected chi connectivity index (χ4v) is 4.67. The maximum atomic E-state index is 13.1. The highest BCUT2D eigenvalue weighted by molar-refractivity contribution is 5.88. The van der Waals surface area contributed by atoms with Crippen molar-refractivity contribution in [2.24, 2.45) is 0 Å². The van der Waals surface area contributed by atoms with E-state index in [1.807, 2.05) is 0 Å². The molecule has 3 heterocycles. The quantitative estimate of drug-likeness (QED) is 0.540. The largest absolute Gasteiger partial charge is 0.296 e. The van der Waals surface area contributed by atoms with Crippen LogP contribution in [0.1, 0.15) is 41.3 Å². The summed E-state index contributed by atoms with van der Waals surface area (Å²) in [4.78, 5) is 2.54. The number of hydrogen-bond donors (Lipinski definition) is 0. The topological polar surface area (TPSA) is 8.17 Å². The zero-order valence-electron chi connectivity index (χ0n) is 15.1. The standard InChI is InChI=1S/C23H21FN2/c1-15-3-9-20-19(13-15)23-21-10-8-18(25(21)2)14-22(23)26(20)12-11-16-4-6-17(24)7-5-16/h3-7,9,13,18,21H,8,10,14H2,1-2H3. The van der Waals surface area contributed by atoms with Gasteiger partial charge in [0, 0.05) is 41.2 Å². The summed E-state index contributed by atoms with van der Waals surface area (Å²) in [7, 11) is 2.26. The van der Waals surface area contributed by atoms with Crippen molar-refractivity contribution >= 4 is 10.9 Å². The Hall–Kier alpha value is -2.57. The molecule has 2 aliphatic rings. The monoisotopic (exact) mass is 344 g/mol. The van der Waals surface area contributed by atoms with E-state index in [0.29, 0.717) is 12.1 Å². The van der Waals surface area contributed by atoms with Crippen molar-refractivity contribution in [2.45, 2.75) is 38.3 Å². The number of hydrogen-bond acceptors (Lipinski definition) is 1. The summed E-state index contributed by atoms with van der Waals surface area (Å²) in [5.41, 5.74) is 6.15. The summed E-state index contributed by atoms with van der Waals surface area (Å²) in [6, 6.07) is 17.5. The Morgan fingerprint density at radius 3 is 2.69 bits per heavy atom. The molecule has 2 bridgehead atoms. The van der Waals surface area contributed by atoms with Crippen LogP contribution in [0.5, 0.6) is 0 Å². The highest BCUT2D eigenvalue weighted by Gasteiger charge is 2.40. The van der Waals surface area contributed by atoms with E-state index >= 15 is 0 Å². The lowest BCUT2D eigenvalue weighted by molar-refractivity contribution is 0.223. The van der Waals surface area contributed by atoms with E-state index in [1.54, 1.807) is 12.1 Å². The molecule has 0 amide bonds. The number of rotatable bonds is 0. The Balaban J connectivity index is 1.72. The molecule has 1 saturated heterocycles. The van der Waals surface area contributed by atoms with Gasteiger partial charge in [-0.05, 0) is 74.7 Å². The summed E-state index contributed by atoms with van der Waals surface area (Å²) in [5.74, 6) is 3.00. The molecule has 2 unspecified atom stereocenters. The first-order valence-electron chi connectivity index (χ1n) is 9.25. The van der Waals surface area contributed by atoms with Crippen molar-refractivity contribution in [1.29, 1.82) is 0 Å². The van der Waals surface area contributed by atoms with Gasteiger partial charge >= 0.3 is 0 Å². The summed E-state index contributed by atoms with van der Waals surface area (Å²) < 4.78 is 15.3. The molecular weight excluding hydrogens is 323 g/mol. The predicted molar refractivity (Wildman–Crippen MR) is 103 cm³/mol. The first kappa shape index (κ1) is 15.7. The number of likely N-dealkylation sites (N-methyl/N-ethyl adjacent to an activating group) is 1. The smallest absolute Gasteiger partial charge is 0.123 e. The van der Waals surface area contributed by atoms with Crippen LogP contribution in [0, 0.1) is 24.7 Å². The first-order chi connectivity index (χ1) is 12.6. The molecule has 130 valence electrons. The van der Waals surface area contributed by atoms with Gasteiger partial charge in [-0.2, -0.15) is 0 Å². The number of aromatic nitrogens is 1. The van der Waals surface area contributed by atoms with Crippen molar-refractivity contribution in [3.63, 3.8) is 0 Å². The van der Waals surface area contributed by atoms with Crippen LogP contribution in [-0.2, 0) is 6.42 Å². The molecule has 0 radical (unpaired) electrons. The lowest BCUT2D eigenvalue weighted by Crippen LogP contribution is -2.34. The third-order valence-corrected chi connectivity index (χ3v) is 6.02. The number of benzene rings is 2. The second kappa shape index (κ2) is 5.72. The van der Waals surface area contributed by atoms with Crippen molar-refractivity contribution < 1.29 is 4.39 Å². The molecule has 26 heavy (non-hydrogen) atoms. The van der Waals surface area contributed by atoms with Gasteiger partial charge in [0.15, 0.2) is 0 Å². The molecule has 0 saturated carbocycles. The Labute approximate surface area is 153 Å². The summed E-state index contributed by atoms with van der Waals surface area (Å²) >= 11 is 0. The Morgan fingerprint density at radius 1 is 1.08 bits per heavy atom. The molecule has 0 aliphatic carbocycles. The van der Waals surface area contributed by atoms with E-state index in [1.165, 1.54) is 52.7 Å². The molecule has 1 aromatic heterocycles. The summed E-state index contributed by atoms with van der Waals surface area (Å²) in [6.45, 7) is 2.15. The van der Waals surface area contributed by atoms with Crippen molar-refractivity contribution in [2.75, 3.05) is 7.05 Å². The van der Waals surface area contributed by atoms with Gasteiger partial charge in [-0.25, -0.2) is 4.39 Å². The van der Waals surface area contributed by atoms with Gasteiger partial charge in [-0.1, -0.05) is 11.6 Å². The zero-order chi connectivity index (χ0) is 17.8. The van der Waals surface area contributed by atoms with Crippen LogP contribution < -0.4 is 0 Å². The fourth-order valence-electron chi connectivity index (χ4n) is 4.67. The minimum absolute atomic E-state index is 0.227. The molecule has 3 aromatic rings. The lowest BCUT2D eigenvalue weighted by Gasteiger charge is -2.31. The van der Waals surface area contributed by atoms with E-state index in [2.05, 4.69) is 53.6 Å². The molecule has 0 N–H and O–H groups in total. The van der Waals surface area contributed by atoms with Gasteiger partial charge < -0.3 is 0 Å². The third-order valence-electron chi connectivity index (χ3n) is 6.02. The van der Waals surface area contributed by atoms with Crippen LogP contribution in [0.15, 0.2) is 42.5 Å². The maximum absolute atomic E-state index is 13.1. The number of fused-ring (bicyclic) bond motifs is 6. The lowest BCUT2D eigenvalue weighted by atomic mass is 9.97. The second-order valence-electron chi connectivity index (χ2n) is 7.58. The Bertz CT molecular complexity index is 1070. The normalized spacial score (nSPS) is 21.5. The van der Waals surface area contributed by atoms with Crippen molar-refractivity contribution in [3.05, 3.63) is 70.7 Å². The van der Waals surface area contributed by atoms with Crippen LogP contribution in [-0.4, -0.2) is 22.6 Å². The highest BCUT2D eigenvalue weighted by Crippen LogP contribution is 2.46. The van der Waals surface area contributed by atoms with E-state index < -0.39 is 0 Å². The molecule has 2 aliphatic heterocycles. The summed E-state index contributed by atoms with van der Waals surface area (Å²) in [5, 5.41) is 1.34. The maximum Gasteiger partial charge on any atom is 0.123 e. The first-order valence-corrected chi connectivity index (χ1v) is 9.25. The minimum Gasteiger partial charge on any atom is -0.296 e. The van der Waals surface area contributed by atoms with Gasteiger partial charge in [0.05, 0.1) is 5.52 Å². The van der Waals surface area contributed by atoms with Gasteiger partial charge in [0.1, 0.15) is 5.82 Å². The van der Waals surface area contributed by atoms with E-state index in [0.717, 1.165) is 12.0 Å². The number of nitrogens with zero attached hydrogens (tertiary/aromatic N) is 2. The third kappa shape index (κ3) is 2.29. The summed E-state index contributed by atoms with van der Waals surface area (Å²) in [6.07, 6.45) is 3.54. The van der Waals surface area contributed by atoms with E-state index in [9.17, 15) is 4.39 Å². The van der Waals surface area contributed by atoms with Crippen LogP contribution in [0.3, 0.4) is 0 Å². The van der Waals surface area contributed by atoms with Crippen LogP contribution >= 0.6 is 0 Å². The van der Waals surface area contributed by atoms with Gasteiger partial charge in [-0.3, -0.25) is 9.47 Å². The number of halogens is 1. The highest BCUT2D eigenvalue weighted by atomic mass is 19.1. The molecule has 2 aromatic carbocycles. The predicted octanol–water partition coefficient (Wildman–Crippen LogP) is 4.64. The number of aryl methyl sites for hydroxylation is 1. The molecule has 5 rings (SSSR count). The van der Waals surface area contributed by atoms with Gasteiger partial charge in [0.25, 0.3) is 0 Å². The molecule has 1 fully saturated rings. The van der Waals surface area contributed by atoms with Crippen LogP contribution in [0.4, 0.5) is 4.39 Å². The fraction of sp³-hybridized carbons (Fsp3) is 0.304.